The van der Waals surface area contributed by atoms with Crippen LogP contribution in [0, 0.1) is 0 Å². The first-order valence-corrected chi connectivity index (χ1v) is 7.08. The highest BCUT2D eigenvalue weighted by atomic mass is 16.3. The van der Waals surface area contributed by atoms with Gasteiger partial charge in [0.05, 0.1) is 6.61 Å². The van der Waals surface area contributed by atoms with E-state index < -0.39 is 0 Å². The molecule has 0 heterocycles. The van der Waals surface area contributed by atoms with Crippen LogP contribution < -0.4 is 5.32 Å². The normalized spacial score (nSPS) is 15.5. The minimum absolute atomic E-state index is 0.114. The molecule has 0 aromatic carbocycles. The van der Waals surface area contributed by atoms with Gasteiger partial charge in [0.25, 0.3) is 0 Å². The first-order chi connectivity index (χ1) is 7.97. The Kier molecular flexibility index (Phi) is 8.83. The summed E-state index contributed by atoms with van der Waals surface area (Å²) in [5.41, 5.74) is -0.114. The van der Waals surface area contributed by atoms with Gasteiger partial charge in [-0.3, -0.25) is 0 Å². The van der Waals surface area contributed by atoms with Crippen molar-refractivity contribution < 1.29 is 5.11 Å². The molecule has 1 atom stereocenters. The fourth-order valence-corrected chi connectivity index (χ4v) is 2.28. The van der Waals surface area contributed by atoms with Crippen LogP contribution in [0.15, 0.2) is 0 Å². The highest BCUT2D eigenvalue weighted by Crippen LogP contribution is 2.14. The molecule has 2 N–H and O–H groups in total. The molecule has 0 radical (unpaired) electrons. The van der Waals surface area contributed by atoms with Gasteiger partial charge in [0.1, 0.15) is 0 Å². The van der Waals surface area contributed by atoms with Crippen molar-refractivity contribution in [3.8, 4) is 0 Å². The minimum atomic E-state index is -0.114. The first kappa shape index (κ1) is 16.9. The summed E-state index contributed by atoms with van der Waals surface area (Å²) in [5, 5.41) is 12.9. The van der Waals surface area contributed by atoms with Gasteiger partial charge in [-0.25, -0.2) is 0 Å². The lowest BCUT2D eigenvalue weighted by Gasteiger charge is -2.31. The van der Waals surface area contributed by atoms with Crippen LogP contribution in [0.3, 0.4) is 0 Å². The third kappa shape index (κ3) is 7.74. The Morgan fingerprint density at radius 1 is 1.18 bits per heavy atom. The van der Waals surface area contributed by atoms with Gasteiger partial charge in [0, 0.05) is 11.6 Å². The molecule has 0 aromatic heterocycles. The van der Waals surface area contributed by atoms with Crippen molar-refractivity contribution in [3.05, 3.63) is 0 Å². The third-order valence-corrected chi connectivity index (χ3v) is 3.33. The van der Waals surface area contributed by atoms with E-state index in [4.69, 9.17) is 0 Å². The summed E-state index contributed by atoms with van der Waals surface area (Å²) in [6.07, 6.45) is 3.44. The van der Waals surface area contributed by atoms with Crippen LogP contribution >= 0.6 is 0 Å². The fourth-order valence-electron chi connectivity index (χ4n) is 2.28. The maximum Gasteiger partial charge on any atom is 0.0610 e. The molecule has 0 rings (SSSR count). The standard InChI is InChI=1S/C14H32N2O/c1-6-16(7-2)11-9-8-10-14(5,12-17)15-13(3)4/h13,15,17H,6-12H2,1-5H3. The van der Waals surface area contributed by atoms with Gasteiger partial charge in [-0.1, -0.05) is 34.1 Å². The predicted molar refractivity (Wildman–Crippen MR) is 75.4 cm³/mol. The average molecular weight is 244 g/mol. The van der Waals surface area contributed by atoms with Crippen LogP contribution in [0.2, 0.25) is 0 Å². The zero-order chi connectivity index (χ0) is 13.3. The molecule has 0 amide bonds. The van der Waals surface area contributed by atoms with Crippen molar-refractivity contribution in [1.82, 2.24) is 10.2 Å². The van der Waals surface area contributed by atoms with E-state index >= 15 is 0 Å². The topological polar surface area (TPSA) is 35.5 Å². The van der Waals surface area contributed by atoms with Crippen LogP contribution in [0.4, 0.5) is 0 Å². The third-order valence-electron chi connectivity index (χ3n) is 3.33. The molecule has 0 bridgehead atoms. The molecule has 0 saturated carbocycles. The second kappa shape index (κ2) is 8.90. The van der Waals surface area contributed by atoms with Gasteiger partial charge in [0.15, 0.2) is 0 Å². The molecular weight excluding hydrogens is 212 g/mol. The molecule has 1 unspecified atom stereocenters. The molecule has 0 saturated heterocycles. The Morgan fingerprint density at radius 3 is 2.18 bits per heavy atom. The second-order valence-electron chi connectivity index (χ2n) is 5.50. The summed E-state index contributed by atoms with van der Waals surface area (Å²) in [6.45, 7) is 14.5. The molecule has 3 nitrogen and oxygen atoms in total. The Bertz CT molecular complexity index is 181. The first-order valence-electron chi connectivity index (χ1n) is 7.08. The lowest BCUT2D eigenvalue weighted by atomic mass is 9.94. The smallest absolute Gasteiger partial charge is 0.0610 e. The maximum atomic E-state index is 9.46. The molecule has 0 fully saturated rings. The Hall–Kier alpha value is -0.120. The number of aliphatic hydroxyl groups excluding tert-OH is 1. The van der Waals surface area contributed by atoms with E-state index in [1.165, 1.54) is 19.4 Å². The quantitative estimate of drug-likeness (QED) is 0.579. The van der Waals surface area contributed by atoms with Crippen LogP contribution in [0.5, 0.6) is 0 Å². The summed E-state index contributed by atoms with van der Waals surface area (Å²) in [6, 6.07) is 0.426. The molecule has 17 heavy (non-hydrogen) atoms. The lowest BCUT2D eigenvalue weighted by Crippen LogP contribution is -2.49. The van der Waals surface area contributed by atoms with E-state index in [0.29, 0.717) is 6.04 Å². The van der Waals surface area contributed by atoms with Gasteiger partial charge in [-0.05, 0) is 39.4 Å². The summed E-state index contributed by atoms with van der Waals surface area (Å²) in [7, 11) is 0. The van der Waals surface area contributed by atoms with E-state index in [9.17, 15) is 5.11 Å². The highest BCUT2D eigenvalue weighted by Gasteiger charge is 2.22. The molecule has 0 aliphatic heterocycles. The van der Waals surface area contributed by atoms with E-state index in [2.05, 4.69) is 44.8 Å². The van der Waals surface area contributed by atoms with Crippen LogP contribution in [0.25, 0.3) is 0 Å². The number of hydrogen-bond acceptors (Lipinski definition) is 3. The van der Waals surface area contributed by atoms with E-state index in [1.54, 1.807) is 0 Å². The summed E-state index contributed by atoms with van der Waals surface area (Å²) >= 11 is 0. The number of rotatable bonds is 10. The molecule has 0 aliphatic rings. The summed E-state index contributed by atoms with van der Waals surface area (Å²) in [4.78, 5) is 2.45. The fraction of sp³-hybridized carbons (Fsp3) is 1.00. The molecule has 0 spiro atoms. The van der Waals surface area contributed by atoms with E-state index in [1.807, 2.05) is 0 Å². The molecule has 3 heteroatoms. The Labute approximate surface area is 108 Å². The molecule has 0 aromatic rings. The van der Waals surface area contributed by atoms with E-state index in [0.717, 1.165) is 19.5 Å². The zero-order valence-electron chi connectivity index (χ0n) is 12.4. The van der Waals surface area contributed by atoms with Crippen LogP contribution in [-0.4, -0.2) is 47.8 Å². The van der Waals surface area contributed by atoms with Crippen molar-refractivity contribution in [2.24, 2.45) is 0 Å². The lowest BCUT2D eigenvalue weighted by molar-refractivity contribution is 0.152. The number of nitrogens with zero attached hydrogens (tertiary/aromatic N) is 1. The molecule has 104 valence electrons. The van der Waals surface area contributed by atoms with Crippen LogP contribution in [-0.2, 0) is 0 Å². The SMILES string of the molecule is CCN(CC)CCCCC(C)(CO)NC(C)C. The predicted octanol–water partition coefficient (Wildman–Crippen LogP) is 2.25. The number of nitrogens with one attached hydrogen (secondary N) is 1. The number of aliphatic hydroxyl groups is 1. The van der Waals surface area contributed by atoms with Crippen LogP contribution in [0.1, 0.15) is 53.9 Å². The van der Waals surface area contributed by atoms with Gasteiger partial charge in [-0.15, -0.1) is 0 Å². The van der Waals surface area contributed by atoms with Gasteiger partial charge in [0.2, 0.25) is 0 Å². The van der Waals surface area contributed by atoms with Crippen molar-refractivity contribution >= 4 is 0 Å². The highest BCUT2D eigenvalue weighted by molar-refractivity contribution is 4.83. The van der Waals surface area contributed by atoms with Gasteiger partial charge in [-0.2, -0.15) is 0 Å². The molecule has 0 aliphatic carbocycles. The maximum absolute atomic E-state index is 9.46. The summed E-state index contributed by atoms with van der Waals surface area (Å²) in [5.74, 6) is 0. The van der Waals surface area contributed by atoms with Crippen molar-refractivity contribution in [1.29, 1.82) is 0 Å². The monoisotopic (exact) mass is 244 g/mol. The Balaban J connectivity index is 3.83. The number of hydrogen-bond donors (Lipinski definition) is 2. The zero-order valence-corrected chi connectivity index (χ0v) is 12.4. The second-order valence-corrected chi connectivity index (χ2v) is 5.50. The number of unbranched alkanes of at least 4 members (excludes halogenated alkanes) is 1. The van der Waals surface area contributed by atoms with Gasteiger partial charge >= 0.3 is 0 Å². The van der Waals surface area contributed by atoms with Crippen molar-refractivity contribution in [3.63, 3.8) is 0 Å². The average Bonchev–Trinajstić information content (AvgIpc) is 2.28. The summed E-state index contributed by atoms with van der Waals surface area (Å²) < 4.78 is 0. The Morgan fingerprint density at radius 2 is 1.76 bits per heavy atom. The van der Waals surface area contributed by atoms with Crippen molar-refractivity contribution in [2.45, 2.75) is 65.5 Å². The minimum Gasteiger partial charge on any atom is -0.394 e. The van der Waals surface area contributed by atoms with Gasteiger partial charge < -0.3 is 15.3 Å². The van der Waals surface area contributed by atoms with Crippen molar-refractivity contribution in [2.75, 3.05) is 26.2 Å². The molecular formula is C14H32N2O. The van der Waals surface area contributed by atoms with E-state index in [-0.39, 0.29) is 12.1 Å². The largest absolute Gasteiger partial charge is 0.394 e.